The number of esters is 1. The van der Waals surface area contributed by atoms with Crippen LogP contribution in [0.1, 0.15) is 46.5 Å². The minimum absolute atomic E-state index is 0.00621. The molecule has 2 unspecified atom stereocenters. The highest BCUT2D eigenvalue weighted by atomic mass is 16.5. The molecule has 0 aromatic rings. The molecule has 1 aliphatic rings. The second-order valence-electron chi connectivity index (χ2n) is 5.84. The smallest absolute Gasteiger partial charge is 0.308 e. The number of carbonyl (C=O) groups excluding carboxylic acids is 1. The summed E-state index contributed by atoms with van der Waals surface area (Å²) in [5.74, 6) is 0.0994. The van der Waals surface area contributed by atoms with E-state index in [1.165, 1.54) is 6.42 Å². The van der Waals surface area contributed by atoms with E-state index in [1.807, 2.05) is 6.92 Å². The monoisotopic (exact) mass is 270 g/mol. The van der Waals surface area contributed by atoms with Crippen molar-refractivity contribution in [1.82, 2.24) is 10.2 Å². The molecule has 1 rings (SSSR count). The third-order valence-electron chi connectivity index (χ3n) is 4.07. The van der Waals surface area contributed by atoms with Gasteiger partial charge in [-0.15, -0.1) is 0 Å². The van der Waals surface area contributed by atoms with Gasteiger partial charge in [-0.3, -0.25) is 4.79 Å². The minimum atomic E-state index is -0.00621. The summed E-state index contributed by atoms with van der Waals surface area (Å²) >= 11 is 0. The molecule has 0 radical (unpaired) electrons. The molecule has 4 heteroatoms. The quantitative estimate of drug-likeness (QED) is 0.719. The molecule has 0 spiro atoms. The Kier molecular flexibility index (Phi) is 7.39. The molecule has 0 bridgehead atoms. The van der Waals surface area contributed by atoms with Crippen molar-refractivity contribution in [3.63, 3.8) is 0 Å². The molecular formula is C15H30N2O2. The Labute approximate surface area is 117 Å². The second-order valence-corrected chi connectivity index (χ2v) is 5.84. The number of hydrogen-bond acceptors (Lipinski definition) is 4. The lowest BCUT2D eigenvalue weighted by Crippen LogP contribution is -2.41. The average molecular weight is 270 g/mol. The van der Waals surface area contributed by atoms with E-state index in [4.69, 9.17) is 4.74 Å². The van der Waals surface area contributed by atoms with Crippen LogP contribution in [0.4, 0.5) is 0 Å². The topological polar surface area (TPSA) is 41.6 Å². The van der Waals surface area contributed by atoms with Crippen LogP contribution in [0.15, 0.2) is 0 Å². The van der Waals surface area contributed by atoms with Crippen LogP contribution in [0.25, 0.3) is 0 Å². The lowest BCUT2D eigenvalue weighted by Gasteiger charge is -2.29. The molecule has 1 N–H and O–H groups in total. The van der Waals surface area contributed by atoms with Crippen molar-refractivity contribution in [3.8, 4) is 0 Å². The van der Waals surface area contributed by atoms with E-state index in [9.17, 15) is 4.79 Å². The van der Waals surface area contributed by atoms with E-state index in [2.05, 4.69) is 31.1 Å². The van der Waals surface area contributed by atoms with Crippen molar-refractivity contribution in [2.24, 2.45) is 5.92 Å². The SMILES string of the molecule is CCOC(=O)C1CCCC(NCCN(C)C(C)C)C1. The van der Waals surface area contributed by atoms with Crippen LogP contribution in [0, 0.1) is 5.92 Å². The van der Waals surface area contributed by atoms with Gasteiger partial charge in [0.15, 0.2) is 0 Å². The Morgan fingerprint density at radius 2 is 2.16 bits per heavy atom. The number of carbonyl (C=O) groups is 1. The summed E-state index contributed by atoms with van der Waals surface area (Å²) in [7, 11) is 2.15. The number of nitrogens with zero attached hydrogens (tertiary/aromatic N) is 1. The van der Waals surface area contributed by atoms with Gasteiger partial charge in [-0.1, -0.05) is 6.42 Å². The number of ether oxygens (including phenoxy) is 1. The lowest BCUT2D eigenvalue weighted by atomic mass is 9.86. The summed E-state index contributed by atoms with van der Waals surface area (Å²) in [6.45, 7) is 8.83. The highest BCUT2D eigenvalue weighted by Crippen LogP contribution is 2.25. The predicted molar refractivity (Wildman–Crippen MR) is 78.1 cm³/mol. The molecule has 4 nitrogen and oxygen atoms in total. The van der Waals surface area contributed by atoms with Crippen molar-refractivity contribution < 1.29 is 9.53 Å². The normalized spacial score (nSPS) is 23.9. The number of nitrogens with one attached hydrogen (secondary N) is 1. The summed E-state index contributed by atoms with van der Waals surface area (Å²) < 4.78 is 5.13. The van der Waals surface area contributed by atoms with E-state index in [1.54, 1.807) is 0 Å². The van der Waals surface area contributed by atoms with E-state index in [-0.39, 0.29) is 11.9 Å². The van der Waals surface area contributed by atoms with Gasteiger partial charge in [0.1, 0.15) is 0 Å². The molecule has 0 aromatic carbocycles. The standard InChI is InChI=1S/C15H30N2O2/c1-5-19-15(18)13-7-6-8-14(11-13)16-9-10-17(4)12(2)3/h12-14,16H,5-11H2,1-4H3. The van der Waals surface area contributed by atoms with Crippen molar-refractivity contribution in [2.75, 3.05) is 26.7 Å². The summed E-state index contributed by atoms with van der Waals surface area (Å²) in [4.78, 5) is 14.1. The predicted octanol–water partition coefficient (Wildman–Crippen LogP) is 2.04. The Morgan fingerprint density at radius 1 is 1.42 bits per heavy atom. The lowest BCUT2D eigenvalue weighted by molar-refractivity contribution is -0.149. The van der Waals surface area contributed by atoms with E-state index in [0.717, 1.165) is 32.4 Å². The van der Waals surface area contributed by atoms with E-state index in [0.29, 0.717) is 18.7 Å². The van der Waals surface area contributed by atoms with Crippen LogP contribution in [0.2, 0.25) is 0 Å². The largest absolute Gasteiger partial charge is 0.466 e. The molecule has 0 amide bonds. The fraction of sp³-hybridized carbons (Fsp3) is 0.933. The van der Waals surface area contributed by atoms with Crippen LogP contribution in [0.5, 0.6) is 0 Å². The fourth-order valence-electron chi connectivity index (χ4n) is 2.55. The molecule has 0 saturated heterocycles. The Hall–Kier alpha value is -0.610. The molecule has 0 aliphatic heterocycles. The first-order valence-electron chi connectivity index (χ1n) is 7.64. The highest BCUT2D eigenvalue weighted by Gasteiger charge is 2.27. The minimum Gasteiger partial charge on any atom is -0.466 e. The summed E-state index contributed by atoms with van der Waals surface area (Å²) in [5.41, 5.74) is 0. The van der Waals surface area contributed by atoms with Gasteiger partial charge in [0.05, 0.1) is 12.5 Å². The van der Waals surface area contributed by atoms with Crippen molar-refractivity contribution in [3.05, 3.63) is 0 Å². The van der Waals surface area contributed by atoms with Gasteiger partial charge in [-0.05, 0) is 47.1 Å². The van der Waals surface area contributed by atoms with Gasteiger partial charge < -0.3 is 15.0 Å². The molecular weight excluding hydrogens is 240 g/mol. The van der Waals surface area contributed by atoms with E-state index >= 15 is 0 Å². The molecule has 0 heterocycles. The van der Waals surface area contributed by atoms with Gasteiger partial charge >= 0.3 is 5.97 Å². The number of likely N-dealkylation sites (N-methyl/N-ethyl adjacent to an activating group) is 1. The Bertz CT molecular complexity index is 269. The average Bonchev–Trinajstić information content (AvgIpc) is 2.39. The molecule has 112 valence electrons. The van der Waals surface area contributed by atoms with Gasteiger partial charge in [0.2, 0.25) is 0 Å². The van der Waals surface area contributed by atoms with Crippen LogP contribution < -0.4 is 5.32 Å². The molecule has 2 atom stereocenters. The first-order valence-corrected chi connectivity index (χ1v) is 7.64. The van der Waals surface area contributed by atoms with Crippen LogP contribution in [0.3, 0.4) is 0 Å². The fourth-order valence-corrected chi connectivity index (χ4v) is 2.55. The third kappa shape index (κ3) is 5.91. The third-order valence-corrected chi connectivity index (χ3v) is 4.07. The zero-order valence-corrected chi connectivity index (χ0v) is 12.9. The van der Waals surface area contributed by atoms with Gasteiger partial charge in [0, 0.05) is 25.2 Å². The summed E-state index contributed by atoms with van der Waals surface area (Å²) in [5, 5.41) is 3.58. The van der Waals surface area contributed by atoms with Gasteiger partial charge in [-0.2, -0.15) is 0 Å². The van der Waals surface area contributed by atoms with Crippen LogP contribution in [-0.4, -0.2) is 49.7 Å². The van der Waals surface area contributed by atoms with E-state index < -0.39 is 0 Å². The first-order chi connectivity index (χ1) is 9.04. The molecule has 1 aliphatic carbocycles. The van der Waals surface area contributed by atoms with Crippen molar-refractivity contribution >= 4 is 5.97 Å². The summed E-state index contributed by atoms with van der Waals surface area (Å²) in [6, 6.07) is 1.06. The molecule has 1 fully saturated rings. The molecule has 1 saturated carbocycles. The first kappa shape index (κ1) is 16.4. The Morgan fingerprint density at radius 3 is 2.79 bits per heavy atom. The zero-order chi connectivity index (χ0) is 14.3. The van der Waals surface area contributed by atoms with Crippen molar-refractivity contribution in [1.29, 1.82) is 0 Å². The maximum absolute atomic E-state index is 11.8. The number of hydrogen-bond donors (Lipinski definition) is 1. The summed E-state index contributed by atoms with van der Waals surface area (Å²) in [6.07, 6.45) is 4.23. The molecule has 19 heavy (non-hydrogen) atoms. The molecule has 0 aromatic heterocycles. The van der Waals surface area contributed by atoms with Gasteiger partial charge in [-0.25, -0.2) is 0 Å². The van der Waals surface area contributed by atoms with Crippen LogP contribution >= 0.6 is 0 Å². The Balaban J connectivity index is 2.25. The van der Waals surface area contributed by atoms with Gasteiger partial charge in [0.25, 0.3) is 0 Å². The number of rotatable bonds is 7. The maximum atomic E-state index is 11.8. The maximum Gasteiger partial charge on any atom is 0.308 e. The highest BCUT2D eigenvalue weighted by molar-refractivity contribution is 5.72. The van der Waals surface area contributed by atoms with Crippen LogP contribution in [-0.2, 0) is 9.53 Å². The zero-order valence-electron chi connectivity index (χ0n) is 12.9. The second kappa shape index (κ2) is 8.54. The van der Waals surface area contributed by atoms with Crippen molar-refractivity contribution in [2.45, 2.75) is 58.5 Å².